The second-order valence-corrected chi connectivity index (χ2v) is 5.65. The smallest absolute Gasteiger partial charge is 0.0763 e. The molecular formula is C15H19Cl2N3. The highest BCUT2D eigenvalue weighted by atomic mass is 35.5. The summed E-state index contributed by atoms with van der Waals surface area (Å²) in [4.78, 5) is 0. The standard InChI is InChI=1S/C15H19Cl2N3/c1-4-8-18-15(13-9-10(2)19-20(13)3)11-6-5-7-12(16)14(11)17/h5-7,9,15,18H,4,8H2,1-3H3. The second-order valence-electron chi connectivity index (χ2n) is 4.86. The molecule has 20 heavy (non-hydrogen) atoms. The fourth-order valence-electron chi connectivity index (χ4n) is 2.31. The molecule has 0 bridgehead atoms. The predicted octanol–water partition coefficient (Wildman–Crippen LogP) is 4.12. The van der Waals surface area contributed by atoms with Gasteiger partial charge in [0, 0.05) is 7.05 Å². The molecule has 1 aromatic carbocycles. The van der Waals surface area contributed by atoms with E-state index in [1.54, 1.807) is 6.07 Å². The Kier molecular flexibility index (Phi) is 5.08. The van der Waals surface area contributed by atoms with Gasteiger partial charge in [0.15, 0.2) is 0 Å². The third kappa shape index (κ3) is 3.17. The van der Waals surface area contributed by atoms with Crippen LogP contribution in [0, 0.1) is 6.92 Å². The molecule has 0 radical (unpaired) electrons. The zero-order valence-electron chi connectivity index (χ0n) is 12.0. The topological polar surface area (TPSA) is 29.9 Å². The number of aromatic nitrogens is 2. The van der Waals surface area contributed by atoms with Crippen LogP contribution in [0.15, 0.2) is 24.3 Å². The SMILES string of the molecule is CCCNC(c1cccc(Cl)c1Cl)c1cc(C)nn1C. The molecule has 1 atom stereocenters. The van der Waals surface area contributed by atoms with E-state index in [1.807, 2.05) is 30.8 Å². The molecule has 1 N–H and O–H groups in total. The number of nitrogens with one attached hydrogen (secondary N) is 1. The average molecular weight is 312 g/mol. The van der Waals surface area contributed by atoms with Crippen LogP contribution in [0.1, 0.15) is 36.3 Å². The van der Waals surface area contributed by atoms with Crippen LogP contribution >= 0.6 is 23.2 Å². The summed E-state index contributed by atoms with van der Waals surface area (Å²) in [6.07, 6.45) is 1.05. The van der Waals surface area contributed by atoms with E-state index in [4.69, 9.17) is 23.2 Å². The maximum atomic E-state index is 6.37. The van der Waals surface area contributed by atoms with E-state index in [9.17, 15) is 0 Å². The van der Waals surface area contributed by atoms with Gasteiger partial charge in [-0.15, -0.1) is 0 Å². The maximum Gasteiger partial charge on any atom is 0.0763 e. The van der Waals surface area contributed by atoms with E-state index in [2.05, 4.69) is 23.4 Å². The summed E-state index contributed by atoms with van der Waals surface area (Å²) in [5.41, 5.74) is 3.06. The maximum absolute atomic E-state index is 6.37. The molecule has 0 aliphatic rings. The molecule has 3 nitrogen and oxygen atoms in total. The average Bonchev–Trinajstić information content (AvgIpc) is 2.74. The number of halogens is 2. The Bertz CT molecular complexity index is 593. The molecule has 2 rings (SSSR count). The summed E-state index contributed by atoms with van der Waals surface area (Å²) in [6.45, 7) is 5.02. The molecular weight excluding hydrogens is 293 g/mol. The van der Waals surface area contributed by atoms with E-state index in [0.29, 0.717) is 10.0 Å². The van der Waals surface area contributed by atoms with Crippen molar-refractivity contribution in [2.24, 2.45) is 7.05 Å². The van der Waals surface area contributed by atoms with Gasteiger partial charge in [0.2, 0.25) is 0 Å². The fraction of sp³-hybridized carbons (Fsp3) is 0.400. The largest absolute Gasteiger partial charge is 0.305 e. The van der Waals surface area contributed by atoms with Gasteiger partial charge >= 0.3 is 0 Å². The normalized spacial score (nSPS) is 12.7. The number of rotatable bonds is 5. The lowest BCUT2D eigenvalue weighted by molar-refractivity contribution is 0.553. The monoisotopic (exact) mass is 311 g/mol. The van der Waals surface area contributed by atoms with Crippen LogP contribution in [0.25, 0.3) is 0 Å². The molecule has 0 fully saturated rings. The Morgan fingerprint density at radius 3 is 2.70 bits per heavy atom. The fourth-order valence-corrected chi connectivity index (χ4v) is 2.72. The van der Waals surface area contributed by atoms with E-state index in [0.717, 1.165) is 29.9 Å². The first kappa shape index (κ1) is 15.4. The van der Waals surface area contributed by atoms with Crippen molar-refractivity contribution >= 4 is 23.2 Å². The number of nitrogens with zero attached hydrogens (tertiary/aromatic N) is 2. The molecule has 1 aromatic heterocycles. The molecule has 0 saturated carbocycles. The molecule has 0 amide bonds. The lowest BCUT2D eigenvalue weighted by Gasteiger charge is -2.21. The molecule has 0 saturated heterocycles. The number of hydrogen-bond donors (Lipinski definition) is 1. The Hall–Kier alpha value is -1.03. The highest BCUT2D eigenvalue weighted by Crippen LogP contribution is 2.33. The summed E-state index contributed by atoms with van der Waals surface area (Å²) in [5.74, 6) is 0. The van der Waals surface area contributed by atoms with Gasteiger partial charge in [0.25, 0.3) is 0 Å². The summed E-state index contributed by atoms with van der Waals surface area (Å²) in [7, 11) is 1.95. The first-order valence-corrected chi connectivity index (χ1v) is 7.48. The minimum Gasteiger partial charge on any atom is -0.305 e. The highest BCUT2D eigenvalue weighted by molar-refractivity contribution is 6.42. The van der Waals surface area contributed by atoms with Crippen molar-refractivity contribution in [3.05, 3.63) is 51.3 Å². The van der Waals surface area contributed by atoms with Crippen LogP contribution in [-0.4, -0.2) is 16.3 Å². The molecule has 108 valence electrons. The van der Waals surface area contributed by atoms with E-state index < -0.39 is 0 Å². The van der Waals surface area contributed by atoms with Crippen molar-refractivity contribution in [2.75, 3.05) is 6.54 Å². The van der Waals surface area contributed by atoms with Gasteiger partial charge in [-0.3, -0.25) is 4.68 Å². The summed E-state index contributed by atoms with van der Waals surface area (Å²) >= 11 is 12.5. The van der Waals surface area contributed by atoms with E-state index >= 15 is 0 Å². The third-order valence-electron chi connectivity index (χ3n) is 3.22. The van der Waals surface area contributed by atoms with E-state index in [1.165, 1.54) is 0 Å². The van der Waals surface area contributed by atoms with Crippen molar-refractivity contribution in [1.82, 2.24) is 15.1 Å². The number of hydrogen-bond acceptors (Lipinski definition) is 2. The van der Waals surface area contributed by atoms with Crippen molar-refractivity contribution in [1.29, 1.82) is 0 Å². The number of benzene rings is 1. The zero-order valence-corrected chi connectivity index (χ0v) is 13.5. The van der Waals surface area contributed by atoms with Crippen molar-refractivity contribution in [3.63, 3.8) is 0 Å². The Balaban J connectivity index is 2.47. The molecule has 0 spiro atoms. The van der Waals surface area contributed by atoms with Gasteiger partial charge in [-0.05, 0) is 37.6 Å². The van der Waals surface area contributed by atoms with Gasteiger partial charge in [-0.2, -0.15) is 5.10 Å². The van der Waals surface area contributed by atoms with Crippen LogP contribution in [-0.2, 0) is 7.05 Å². The Morgan fingerprint density at radius 2 is 2.10 bits per heavy atom. The lowest BCUT2D eigenvalue weighted by Crippen LogP contribution is -2.25. The summed E-state index contributed by atoms with van der Waals surface area (Å²) in [5, 5.41) is 9.11. The van der Waals surface area contributed by atoms with Gasteiger partial charge in [0.05, 0.1) is 27.5 Å². The van der Waals surface area contributed by atoms with Crippen molar-refractivity contribution in [3.8, 4) is 0 Å². The first-order chi connectivity index (χ1) is 9.54. The quantitative estimate of drug-likeness (QED) is 0.900. The summed E-state index contributed by atoms with van der Waals surface area (Å²) < 4.78 is 1.89. The third-order valence-corrected chi connectivity index (χ3v) is 4.06. The molecule has 1 unspecified atom stereocenters. The molecule has 0 aliphatic carbocycles. The van der Waals surface area contributed by atoms with Crippen LogP contribution in [0.2, 0.25) is 10.0 Å². The minimum absolute atomic E-state index is 0.00708. The second kappa shape index (κ2) is 6.61. The highest BCUT2D eigenvalue weighted by Gasteiger charge is 2.21. The van der Waals surface area contributed by atoms with Crippen LogP contribution < -0.4 is 5.32 Å². The van der Waals surface area contributed by atoms with Crippen molar-refractivity contribution in [2.45, 2.75) is 26.3 Å². The molecule has 5 heteroatoms. The van der Waals surface area contributed by atoms with Crippen LogP contribution in [0.3, 0.4) is 0 Å². The van der Waals surface area contributed by atoms with Gasteiger partial charge < -0.3 is 5.32 Å². The Morgan fingerprint density at radius 1 is 1.35 bits per heavy atom. The minimum atomic E-state index is -0.00708. The predicted molar refractivity (Wildman–Crippen MR) is 84.5 cm³/mol. The lowest BCUT2D eigenvalue weighted by atomic mass is 10.0. The van der Waals surface area contributed by atoms with E-state index in [-0.39, 0.29) is 6.04 Å². The van der Waals surface area contributed by atoms with Gasteiger partial charge in [-0.25, -0.2) is 0 Å². The Labute approximate surface area is 129 Å². The molecule has 2 aromatic rings. The van der Waals surface area contributed by atoms with Crippen molar-refractivity contribution < 1.29 is 0 Å². The molecule has 0 aliphatic heterocycles. The molecule has 1 heterocycles. The van der Waals surface area contributed by atoms with Gasteiger partial charge in [-0.1, -0.05) is 42.3 Å². The number of aryl methyl sites for hydroxylation is 2. The first-order valence-electron chi connectivity index (χ1n) is 6.72. The van der Waals surface area contributed by atoms with Crippen LogP contribution in [0.5, 0.6) is 0 Å². The van der Waals surface area contributed by atoms with Crippen LogP contribution in [0.4, 0.5) is 0 Å². The summed E-state index contributed by atoms with van der Waals surface area (Å²) in [6, 6.07) is 7.80. The van der Waals surface area contributed by atoms with Gasteiger partial charge in [0.1, 0.15) is 0 Å². The zero-order chi connectivity index (χ0) is 14.7.